The Morgan fingerprint density at radius 2 is 1.95 bits per heavy atom. The van der Waals surface area contributed by atoms with Crippen molar-refractivity contribution in [3.8, 4) is 0 Å². The first kappa shape index (κ1) is 16.2. The standard InChI is InChI=1S/C15H16BrN3O3/c1-9-14(18-12(19(9)2)8-13(20)22-3)15(21)17-11-6-4-10(16)5-7-11/h4-7H,8H2,1-3H3,(H,17,21). The van der Waals surface area contributed by atoms with E-state index in [0.29, 0.717) is 22.9 Å². The minimum atomic E-state index is -0.395. The summed E-state index contributed by atoms with van der Waals surface area (Å²) in [4.78, 5) is 27.9. The number of hydrogen-bond donors (Lipinski definition) is 1. The Kier molecular flexibility index (Phi) is 4.97. The Balaban J connectivity index is 2.21. The first-order valence-corrected chi connectivity index (χ1v) is 7.37. The van der Waals surface area contributed by atoms with E-state index in [4.69, 9.17) is 0 Å². The van der Waals surface area contributed by atoms with Crippen LogP contribution < -0.4 is 5.32 Å². The van der Waals surface area contributed by atoms with Gasteiger partial charge in [-0.25, -0.2) is 4.98 Å². The number of benzene rings is 1. The second-order valence-electron chi connectivity index (χ2n) is 4.73. The van der Waals surface area contributed by atoms with Crippen LogP contribution in [0.25, 0.3) is 0 Å². The summed E-state index contributed by atoms with van der Waals surface area (Å²) in [5, 5.41) is 2.78. The summed E-state index contributed by atoms with van der Waals surface area (Å²) in [5.41, 5.74) is 1.66. The predicted octanol–water partition coefficient (Wildman–Crippen LogP) is 2.46. The number of methoxy groups -OCH3 is 1. The fourth-order valence-electron chi connectivity index (χ4n) is 1.94. The fourth-order valence-corrected chi connectivity index (χ4v) is 2.20. The van der Waals surface area contributed by atoms with Crippen LogP contribution in [-0.2, 0) is 23.0 Å². The molecule has 1 aromatic heterocycles. The van der Waals surface area contributed by atoms with Crippen molar-refractivity contribution >= 4 is 33.5 Å². The number of nitrogens with zero attached hydrogens (tertiary/aromatic N) is 2. The molecule has 0 aliphatic rings. The molecule has 0 unspecified atom stereocenters. The molecule has 0 saturated heterocycles. The van der Waals surface area contributed by atoms with Gasteiger partial charge >= 0.3 is 5.97 Å². The molecule has 1 amide bonds. The first-order valence-electron chi connectivity index (χ1n) is 6.58. The van der Waals surface area contributed by atoms with Gasteiger partial charge in [0, 0.05) is 22.9 Å². The van der Waals surface area contributed by atoms with Crippen LogP contribution in [0.1, 0.15) is 22.0 Å². The van der Waals surface area contributed by atoms with E-state index in [0.717, 1.165) is 4.47 Å². The molecule has 0 aliphatic heterocycles. The molecule has 0 spiro atoms. The molecule has 0 fully saturated rings. The van der Waals surface area contributed by atoms with Crippen LogP contribution in [-0.4, -0.2) is 28.5 Å². The van der Waals surface area contributed by atoms with Crippen LogP contribution >= 0.6 is 15.9 Å². The number of hydrogen-bond acceptors (Lipinski definition) is 4. The number of carbonyl (C=O) groups is 2. The van der Waals surface area contributed by atoms with Crippen LogP contribution in [0.4, 0.5) is 5.69 Å². The van der Waals surface area contributed by atoms with Gasteiger partial charge in [0.15, 0.2) is 0 Å². The number of imidazole rings is 1. The number of anilines is 1. The molecule has 22 heavy (non-hydrogen) atoms. The van der Waals surface area contributed by atoms with Crippen LogP contribution in [0, 0.1) is 6.92 Å². The van der Waals surface area contributed by atoms with Crippen LogP contribution in [0.3, 0.4) is 0 Å². The van der Waals surface area contributed by atoms with E-state index in [1.807, 2.05) is 12.1 Å². The molecule has 1 heterocycles. The van der Waals surface area contributed by atoms with E-state index in [1.54, 1.807) is 30.7 Å². The number of ether oxygens (including phenoxy) is 1. The van der Waals surface area contributed by atoms with E-state index < -0.39 is 5.97 Å². The summed E-state index contributed by atoms with van der Waals surface area (Å²) >= 11 is 3.34. The smallest absolute Gasteiger partial charge is 0.313 e. The van der Waals surface area contributed by atoms with E-state index in [1.165, 1.54) is 7.11 Å². The zero-order valence-corrected chi connectivity index (χ0v) is 14.1. The SMILES string of the molecule is COC(=O)Cc1nc(C(=O)Nc2ccc(Br)cc2)c(C)n1C. The fraction of sp³-hybridized carbons (Fsp3) is 0.267. The quantitative estimate of drug-likeness (QED) is 0.844. The lowest BCUT2D eigenvalue weighted by Gasteiger charge is -2.04. The second-order valence-corrected chi connectivity index (χ2v) is 5.65. The Morgan fingerprint density at radius 1 is 1.32 bits per heavy atom. The van der Waals surface area contributed by atoms with E-state index in [2.05, 4.69) is 31.0 Å². The van der Waals surface area contributed by atoms with Gasteiger partial charge in [-0.2, -0.15) is 0 Å². The zero-order chi connectivity index (χ0) is 16.3. The maximum Gasteiger partial charge on any atom is 0.313 e. The number of aromatic nitrogens is 2. The van der Waals surface area contributed by atoms with Crippen molar-refractivity contribution in [2.45, 2.75) is 13.3 Å². The maximum atomic E-state index is 12.3. The van der Waals surface area contributed by atoms with Gasteiger partial charge in [-0.05, 0) is 31.2 Å². The summed E-state index contributed by atoms with van der Waals surface area (Å²) in [7, 11) is 3.08. The van der Waals surface area contributed by atoms with E-state index in [9.17, 15) is 9.59 Å². The predicted molar refractivity (Wildman–Crippen MR) is 85.8 cm³/mol. The third-order valence-electron chi connectivity index (χ3n) is 3.32. The number of halogens is 1. The van der Waals surface area contributed by atoms with Crippen molar-refractivity contribution in [3.05, 3.63) is 46.0 Å². The van der Waals surface area contributed by atoms with Crippen molar-refractivity contribution in [1.29, 1.82) is 0 Å². The lowest BCUT2D eigenvalue weighted by molar-refractivity contribution is -0.139. The van der Waals surface area contributed by atoms with Crippen LogP contribution in [0.2, 0.25) is 0 Å². The minimum Gasteiger partial charge on any atom is -0.469 e. The molecule has 2 rings (SSSR count). The lowest BCUT2D eigenvalue weighted by Crippen LogP contribution is -2.14. The third kappa shape index (κ3) is 3.54. The average molecular weight is 366 g/mol. The molecule has 1 N–H and O–H groups in total. The van der Waals surface area contributed by atoms with Gasteiger partial charge in [0.05, 0.1) is 7.11 Å². The van der Waals surface area contributed by atoms with Gasteiger partial charge in [0.1, 0.15) is 17.9 Å². The zero-order valence-electron chi connectivity index (χ0n) is 12.5. The summed E-state index contributed by atoms with van der Waals surface area (Å²) in [5.74, 6) is -0.218. The normalized spacial score (nSPS) is 10.4. The molecule has 0 saturated carbocycles. The van der Waals surface area contributed by atoms with Crippen molar-refractivity contribution < 1.29 is 14.3 Å². The molecular formula is C15H16BrN3O3. The Labute approximate surface area is 136 Å². The molecule has 6 nitrogen and oxygen atoms in total. The monoisotopic (exact) mass is 365 g/mol. The molecule has 0 atom stereocenters. The number of carbonyl (C=O) groups excluding carboxylic acids is 2. The molecule has 1 aromatic carbocycles. The summed E-state index contributed by atoms with van der Waals surface area (Å²) in [6.07, 6.45) is 0.0272. The Bertz CT molecular complexity index is 708. The van der Waals surface area contributed by atoms with Crippen molar-refractivity contribution in [2.75, 3.05) is 12.4 Å². The van der Waals surface area contributed by atoms with Gasteiger partial charge in [0.2, 0.25) is 0 Å². The van der Waals surface area contributed by atoms with E-state index >= 15 is 0 Å². The average Bonchev–Trinajstić information content (AvgIpc) is 2.78. The maximum absolute atomic E-state index is 12.3. The van der Waals surface area contributed by atoms with Crippen molar-refractivity contribution in [2.24, 2.45) is 7.05 Å². The number of rotatable bonds is 4. The van der Waals surface area contributed by atoms with Gasteiger partial charge in [0.25, 0.3) is 5.91 Å². The lowest BCUT2D eigenvalue weighted by atomic mass is 10.3. The van der Waals surface area contributed by atoms with Gasteiger partial charge in [-0.3, -0.25) is 9.59 Å². The molecule has 0 radical (unpaired) electrons. The molecule has 0 aliphatic carbocycles. The van der Waals surface area contributed by atoms with Crippen LogP contribution in [0.15, 0.2) is 28.7 Å². The number of esters is 1. The summed E-state index contributed by atoms with van der Waals surface area (Å²) < 4.78 is 7.27. The van der Waals surface area contributed by atoms with E-state index in [-0.39, 0.29) is 12.3 Å². The highest BCUT2D eigenvalue weighted by Crippen LogP contribution is 2.16. The number of amides is 1. The van der Waals surface area contributed by atoms with Gasteiger partial charge in [-0.1, -0.05) is 15.9 Å². The number of nitrogens with one attached hydrogen (secondary N) is 1. The molecular weight excluding hydrogens is 350 g/mol. The third-order valence-corrected chi connectivity index (χ3v) is 3.85. The second kappa shape index (κ2) is 6.74. The highest BCUT2D eigenvalue weighted by molar-refractivity contribution is 9.10. The van der Waals surface area contributed by atoms with Crippen molar-refractivity contribution in [3.63, 3.8) is 0 Å². The van der Waals surface area contributed by atoms with Gasteiger partial charge in [-0.15, -0.1) is 0 Å². The highest BCUT2D eigenvalue weighted by atomic mass is 79.9. The molecule has 7 heteroatoms. The summed E-state index contributed by atoms with van der Waals surface area (Å²) in [6.45, 7) is 1.78. The van der Waals surface area contributed by atoms with Gasteiger partial charge < -0.3 is 14.6 Å². The highest BCUT2D eigenvalue weighted by Gasteiger charge is 2.19. The molecule has 116 valence electrons. The minimum absolute atomic E-state index is 0.0272. The Morgan fingerprint density at radius 3 is 2.55 bits per heavy atom. The Hall–Kier alpha value is -2.15. The molecule has 2 aromatic rings. The van der Waals surface area contributed by atoms with Crippen LogP contribution in [0.5, 0.6) is 0 Å². The largest absolute Gasteiger partial charge is 0.469 e. The van der Waals surface area contributed by atoms with Crippen molar-refractivity contribution in [1.82, 2.24) is 9.55 Å². The first-order chi connectivity index (χ1) is 10.4. The molecule has 0 bridgehead atoms. The topological polar surface area (TPSA) is 73.2 Å². The summed E-state index contributed by atoms with van der Waals surface area (Å²) in [6, 6.07) is 7.25.